The van der Waals surface area contributed by atoms with E-state index in [9.17, 15) is 39.6 Å². The summed E-state index contributed by atoms with van der Waals surface area (Å²) < 4.78 is 0. The Balaban J connectivity index is 3.77. The van der Waals surface area contributed by atoms with E-state index in [2.05, 4.69) is 10.6 Å². The van der Waals surface area contributed by atoms with E-state index in [-0.39, 0.29) is 63.0 Å². The second-order valence-electron chi connectivity index (χ2n) is 10.7. The van der Waals surface area contributed by atoms with Crippen LogP contribution in [0.5, 0.6) is 0 Å². The van der Waals surface area contributed by atoms with Gasteiger partial charge in [0.2, 0.25) is 29.5 Å². The minimum atomic E-state index is -0.544. The van der Waals surface area contributed by atoms with E-state index in [4.69, 9.17) is 5.73 Å². The lowest BCUT2D eigenvalue weighted by Gasteiger charge is -2.15. The molecule has 0 unspecified atom stereocenters. The number of unbranched alkanes of at least 4 members (excludes halogenated alkanes) is 8. The first-order chi connectivity index (χ1) is 20.6. The maximum atomic E-state index is 12.1. The van der Waals surface area contributed by atoms with Crippen LogP contribution in [0.15, 0.2) is 0 Å². The third-order valence-corrected chi connectivity index (χ3v) is 6.80. The molecule has 14 nitrogen and oxygen atoms in total. The van der Waals surface area contributed by atoms with E-state index in [0.29, 0.717) is 74.7 Å². The highest BCUT2D eigenvalue weighted by atomic mass is 16.5. The number of amides is 5. The van der Waals surface area contributed by atoms with Gasteiger partial charge in [0.05, 0.1) is 0 Å². The predicted octanol–water partition coefficient (Wildman–Crippen LogP) is 2.48. The van der Waals surface area contributed by atoms with Crippen molar-refractivity contribution in [3.05, 3.63) is 0 Å². The highest BCUT2D eigenvalue weighted by molar-refractivity contribution is 5.83. The van der Waals surface area contributed by atoms with Gasteiger partial charge in [-0.1, -0.05) is 26.2 Å². The molecule has 0 aliphatic rings. The van der Waals surface area contributed by atoms with Crippen molar-refractivity contribution in [2.45, 2.75) is 116 Å². The molecule has 0 bridgehead atoms. The zero-order chi connectivity index (χ0) is 32.3. The van der Waals surface area contributed by atoms with Crippen molar-refractivity contribution in [2.75, 3.05) is 39.3 Å². The number of nitrogens with zero attached hydrogens (tertiary/aromatic N) is 3. The van der Waals surface area contributed by atoms with Gasteiger partial charge in [-0.25, -0.2) is 15.2 Å². The minimum absolute atomic E-state index is 0.0188. The first-order valence-corrected chi connectivity index (χ1v) is 15.8. The van der Waals surface area contributed by atoms with Crippen LogP contribution in [0.4, 0.5) is 0 Å². The Kier molecular flexibility index (Phi) is 25.0. The van der Waals surface area contributed by atoms with Crippen LogP contribution < -0.4 is 16.4 Å². The van der Waals surface area contributed by atoms with Gasteiger partial charge in [0.15, 0.2) is 0 Å². The molecule has 0 spiro atoms. The summed E-state index contributed by atoms with van der Waals surface area (Å²) in [5.74, 6) is -1.89. The summed E-state index contributed by atoms with van der Waals surface area (Å²) >= 11 is 0. The maximum Gasteiger partial charge on any atom is 0.246 e. The van der Waals surface area contributed by atoms with Crippen LogP contribution in [-0.2, 0) is 24.0 Å². The Labute approximate surface area is 256 Å². The SMILES string of the molecule is CCCCCC(=O)N(O)CCCCCNC(=O)CCC(=O)N(O)CCCCCNC(=O)CCC(=O)N(O)CCCCCN. The van der Waals surface area contributed by atoms with Crippen LogP contribution in [0.3, 0.4) is 0 Å². The summed E-state index contributed by atoms with van der Waals surface area (Å²) in [4.78, 5) is 59.5. The van der Waals surface area contributed by atoms with Crippen LogP contribution in [0, 0.1) is 0 Å². The zero-order valence-electron chi connectivity index (χ0n) is 26.1. The van der Waals surface area contributed by atoms with E-state index in [1.54, 1.807) is 0 Å². The minimum Gasteiger partial charge on any atom is -0.356 e. The molecule has 0 rings (SSSR count). The lowest BCUT2D eigenvalue weighted by molar-refractivity contribution is -0.166. The van der Waals surface area contributed by atoms with Gasteiger partial charge >= 0.3 is 0 Å². The Bertz CT molecular complexity index is 801. The molecule has 43 heavy (non-hydrogen) atoms. The molecule has 0 saturated heterocycles. The summed E-state index contributed by atoms with van der Waals surface area (Å²) in [6.45, 7) is 4.03. The van der Waals surface area contributed by atoms with Gasteiger partial charge in [0.1, 0.15) is 0 Å². The molecule has 0 aliphatic heterocycles. The molecule has 5 amide bonds. The monoisotopic (exact) mass is 616 g/mol. The summed E-state index contributed by atoms with van der Waals surface area (Å²) in [6.07, 6.45) is 8.96. The van der Waals surface area contributed by atoms with Crippen LogP contribution >= 0.6 is 0 Å². The van der Waals surface area contributed by atoms with E-state index in [1.165, 1.54) is 0 Å². The molecule has 7 N–H and O–H groups in total. The van der Waals surface area contributed by atoms with E-state index in [1.807, 2.05) is 6.92 Å². The normalized spacial score (nSPS) is 10.7. The lowest BCUT2D eigenvalue weighted by atomic mass is 10.2. The fourth-order valence-electron chi connectivity index (χ4n) is 4.07. The van der Waals surface area contributed by atoms with Crippen molar-refractivity contribution in [3.8, 4) is 0 Å². The van der Waals surface area contributed by atoms with Crippen molar-refractivity contribution >= 4 is 29.5 Å². The van der Waals surface area contributed by atoms with Crippen LogP contribution in [0.2, 0.25) is 0 Å². The maximum absolute atomic E-state index is 12.1. The van der Waals surface area contributed by atoms with Crippen molar-refractivity contribution in [3.63, 3.8) is 0 Å². The van der Waals surface area contributed by atoms with Gasteiger partial charge in [-0.15, -0.1) is 0 Å². The average molecular weight is 617 g/mol. The number of nitrogens with two attached hydrogens (primary N) is 1. The van der Waals surface area contributed by atoms with Gasteiger partial charge in [0, 0.05) is 64.8 Å². The number of rotatable bonds is 27. The van der Waals surface area contributed by atoms with Gasteiger partial charge < -0.3 is 16.4 Å². The molecule has 0 fully saturated rings. The second-order valence-corrected chi connectivity index (χ2v) is 10.7. The highest BCUT2D eigenvalue weighted by Crippen LogP contribution is 2.05. The van der Waals surface area contributed by atoms with E-state index < -0.39 is 11.8 Å². The van der Waals surface area contributed by atoms with Crippen LogP contribution in [-0.4, -0.2) is 99.6 Å². The number of hydrogen-bond donors (Lipinski definition) is 6. The third kappa shape index (κ3) is 23.3. The molecule has 14 heteroatoms. The summed E-state index contributed by atoms with van der Waals surface area (Å²) in [7, 11) is 0. The smallest absolute Gasteiger partial charge is 0.246 e. The number of carbonyl (C=O) groups is 5. The second kappa shape index (κ2) is 26.8. The molecule has 0 heterocycles. The van der Waals surface area contributed by atoms with Crippen molar-refractivity contribution in [1.29, 1.82) is 0 Å². The Morgan fingerprint density at radius 2 is 0.907 bits per heavy atom. The largest absolute Gasteiger partial charge is 0.356 e. The van der Waals surface area contributed by atoms with Crippen LogP contribution in [0.25, 0.3) is 0 Å². The molecule has 0 aromatic heterocycles. The Hall–Kier alpha value is -2.81. The zero-order valence-corrected chi connectivity index (χ0v) is 26.1. The molecule has 0 atom stereocenters. The number of hydroxylamine groups is 6. The summed E-state index contributed by atoms with van der Waals surface area (Å²) in [5, 5.41) is 36.8. The molecular weight excluding hydrogens is 560 g/mol. The number of hydrogen-bond acceptors (Lipinski definition) is 9. The first-order valence-electron chi connectivity index (χ1n) is 15.8. The topological polar surface area (TPSA) is 206 Å². The molecule has 0 radical (unpaired) electrons. The molecule has 0 aliphatic carbocycles. The predicted molar refractivity (Wildman–Crippen MR) is 160 cm³/mol. The molecular formula is C29H56N6O8. The average Bonchev–Trinajstić information content (AvgIpc) is 2.99. The Morgan fingerprint density at radius 3 is 1.30 bits per heavy atom. The number of nitrogens with one attached hydrogen (secondary N) is 2. The first kappa shape index (κ1) is 40.2. The van der Waals surface area contributed by atoms with Crippen LogP contribution in [0.1, 0.15) is 116 Å². The summed E-state index contributed by atoms with van der Waals surface area (Å²) in [5.41, 5.74) is 5.40. The van der Waals surface area contributed by atoms with Crippen molar-refractivity contribution in [2.24, 2.45) is 5.73 Å². The lowest BCUT2D eigenvalue weighted by Crippen LogP contribution is -2.31. The Morgan fingerprint density at radius 1 is 0.512 bits per heavy atom. The van der Waals surface area contributed by atoms with Crippen molar-refractivity contribution in [1.82, 2.24) is 25.8 Å². The number of carbonyl (C=O) groups excluding carboxylic acids is 5. The summed E-state index contributed by atoms with van der Waals surface area (Å²) in [6, 6.07) is 0. The molecule has 0 aromatic rings. The quantitative estimate of drug-likeness (QED) is 0.0455. The third-order valence-electron chi connectivity index (χ3n) is 6.80. The van der Waals surface area contributed by atoms with Gasteiger partial charge in [0.25, 0.3) is 0 Å². The van der Waals surface area contributed by atoms with Crippen molar-refractivity contribution < 1.29 is 39.6 Å². The fourth-order valence-corrected chi connectivity index (χ4v) is 4.07. The van der Waals surface area contributed by atoms with E-state index in [0.717, 1.165) is 43.6 Å². The molecule has 250 valence electrons. The van der Waals surface area contributed by atoms with Gasteiger partial charge in [-0.3, -0.25) is 39.6 Å². The van der Waals surface area contributed by atoms with E-state index >= 15 is 0 Å². The van der Waals surface area contributed by atoms with Gasteiger partial charge in [-0.05, 0) is 64.3 Å². The molecule has 0 saturated carbocycles. The van der Waals surface area contributed by atoms with Gasteiger partial charge in [-0.2, -0.15) is 0 Å². The fraction of sp³-hybridized carbons (Fsp3) is 0.828. The standard InChI is InChI=1S/C29H56N6O8/c1-2-3-7-14-27(38)33(41)23-12-5-9-20-31-26(37)16-18-29(40)35(43)24-13-6-10-21-32-25(36)15-17-28(39)34(42)22-11-4-8-19-30/h41-43H,2-24,30H2,1H3,(H,31,37)(H,32,36). The highest BCUT2D eigenvalue weighted by Gasteiger charge is 2.14. The molecule has 0 aromatic carbocycles.